The Hall–Kier alpha value is -0.910. The molecule has 2 rings (SSSR count). The Kier molecular flexibility index (Phi) is 4.04. The number of halogens is 1. The molecule has 1 unspecified atom stereocenters. The molecule has 0 radical (unpaired) electrons. The minimum absolute atomic E-state index is 0.0203. The van der Waals surface area contributed by atoms with Crippen LogP contribution in [0.2, 0.25) is 5.15 Å². The maximum Gasteiger partial charge on any atom is 0.130 e. The van der Waals surface area contributed by atoms with Gasteiger partial charge >= 0.3 is 0 Å². The molecule has 4 nitrogen and oxygen atoms in total. The van der Waals surface area contributed by atoms with Gasteiger partial charge in [-0.15, -0.1) is 11.3 Å². The van der Waals surface area contributed by atoms with E-state index >= 15 is 0 Å². The summed E-state index contributed by atoms with van der Waals surface area (Å²) in [6.07, 6.45) is 1.50. The van der Waals surface area contributed by atoms with Crippen LogP contribution in [-0.2, 0) is 19.9 Å². The number of rotatable bonds is 4. The van der Waals surface area contributed by atoms with Gasteiger partial charge in [-0.3, -0.25) is 4.68 Å². The fourth-order valence-electron chi connectivity index (χ4n) is 2.01. The van der Waals surface area contributed by atoms with Crippen molar-refractivity contribution in [1.82, 2.24) is 14.8 Å². The second kappa shape index (κ2) is 5.38. The van der Waals surface area contributed by atoms with Crippen molar-refractivity contribution in [3.63, 3.8) is 0 Å². The maximum absolute atomic E-state index is 6.20. The maximum atomic E-state index is 6.20. The van der Waals surface area contributed by atoms with Gasteiger partial charge in [-0.2, -0.15) is 5.10 Å². The number of hydrogen-bond donors (Lipinski definition) is 1. The largest absolute Gasteiger partial charge is 0.327 e. The molecule has 2 heterocycles. The summed E-state index contributed by atoms with van der Waals surface area (Å²) < 4.78 is 1.69. The summed E-state index contributed by atoms with van der Waals surface area (Å²) in [6, 6.07) is 0.0203. The van der Waals surface area contributed by atoms with Gasteiger partial charge in [0.25, 0.3) is 0 Å². The van der Waals surface area contributed by atoms with Crippen molar-refractivity contribution >= 4 is 22.9 Å². The van der Waals surface area contributed by atoms with Crippen LogP contribution in [0.5, 0.6) is 0 Å². The van der Waals surface area contributed by atoms with Gasteiger partial charge < -0.3 is 5.73 Å². The Morgan fingerprint density at radius 1 is 1.44 bits per heavy atom. The van der Waals surface area contributed by atoms with Crippen LogP contribution in [0.1, 0.15) is 22.0 Å². The molecule has 98 valence electrons. The van der Waals surface area contributed by atoms with Crippen molar-refractivity contribution in [1.29, 1.82) is 0 Å². The van der Waals surface area contributed by atoms with Crippen LogP contribution >= 0.6 is 22.9 Å². The van der Waals surface area contributed by atoms with Crippen molar-refractivity contribution in [3.8, 4) is 0 Å². The van der Waals surface area contributed by atoms with E-state index in [1.807, 2.05) is 20.9 Å². The molecule has 0 aliphatic rings. The first-order chi connectivity index (χ1) is 8.47. The summed E-state index contributed by atoms with van der Waals surface area (Å²) in [5.41, 5.74) is 9.21. The van der Waals surface area contributed by atoms with E-state index in [0.717, 1.165) is 34.8 Å². The third kappa shape index (κ3) is 2.91. The van der Waals surface area contributed by atoms with E-state index < -0.39 is 0 Å². The molecule has 0 aliphatic carbocycles. The smallest absolute Gasteiger partial charge is 0.130 e. The van der Waals surface area contributed by atoms with Crippen molar-refractivity contribution < 1.29 is 0 Å². The summed E-state index contributed by atoms with van der Waals surface area (Å²) in [4.78, 5) is 4.43. The molecule has 0 amide bonds. The van der Waals surface area contributed by atoms with Crippen LogP contribution in [0.4, 0.5) is 0 Å². The van der Waals surface area contributed by atoms with Crippen molar-refractivity contribution in [2.75, 3.05) is 0 Å². The highest BCUT2D eigenvalue weighted by atomic mass is 35.5. The average Bonchev–Trinajstić information content (AvgIpc) is 2.78. The Morgan fingerprint density at radius 3 is 2.67 bits per heavy atom. The molecule has 0 fully saturated rings. The first-order valence-corrected chi connectivity index (χ1v) is 7.07. The average molecular weight is 285 g/mol. The summed E-state index contributed by atoms with van der Waals surface area (Å²) in [7, 11) is 1.84. The van der Waals surface area contributed by atoms with Gasteiger partial charge in [0.2, 0.25) is 0 Å². The Morgan fingerprint density at radius 2 is 2.17 bits per heavy atom. The predicted octanol–water partition coefficient (Wildman–Crippen LogP) is 2.26. The Bertz CT molecular complexity index is 546. The number of aryl methyl sites for hydroxylation is 3. The normalized spacial score (nSPS) is 12.9. The summed E-state index contributed by atoms with van der Waals surface area (Å²) in [5.74, 6) is 0. The summed E-state index contributed by atoms with van der Waals surface area (Å²) in [6.45, 7) is 3.96. The molecule has 6 heteroatoms. The molecule has 0 aliphatic heterocycles. The fourth-order valence-corrected chi connectivity index (χ4v) is 2.89. The fraction of sp³-hybridized carbons (Fsp3) is 0.500. The minimum atomic E-state index is 0.0203. The van der Waals surface area contributed by atoms with E-state index in [1.165, 1.54) is 0 Å². The highest BCUT2D eigenvalue weighted by molar-refractivity contribution is 7.09. The Balaban J connectivity index is 2.05. The number of thiazole rings is 1. The highest BCUT2D eigenvalue weighted by Crippen LogP contribution is 2.21. The van der Waals surface area contributed by atoms with Gasteiger partial charge in [-0.25, -0.2) is 4.98 Å². The van der Waals surface area contributed by atoms with E-state index in [1.54, 1.807) is 16.0 Å². The topological polar surface area (TPSA) is 56.7 Å². The lowest BCUT2D eigenvalue weighted by atomic mass is 10.0. The van der Waals surface area contributed by atoms with Crippen LogP contribution in [-0.4, -0.2) is 20.8 Å². The van der Waals surface area contributed by atoms with E-state index in [0.29, 0.717) is 5.15 Å². The van der Waals surface area contributed by atoms with Crippen LogP contribution in [0.15, 0.2) is 5.38 Å². The molecule has 0 saturated carbocycles. The van der Waals surface area contributed by atoms with Gasteiger partial charge in [-0.1, -0.05) is 11.6 Å². The van der Waals surface area contributed by atoms with E-state index in [2.05, 4.69) is 15.5 Å². The number of aromatic nitrogens is 3. The zero-order valence-corrected chi connectivity index (χ0v) is 12.3. The molecule has 18 heavy (non-hydrogen) atoms. The summed E-state index contributed by atoms with van der Waals surface area (Å²) in [5, 5.41) is 8.11. The Labute approximate surface area is 116 Å². The van der Waals surface area contributed by atoms with Crippen LogP contribution in [0.25, 0.3) is 0 Å². The molecular formula is C12H17ClN4S. The lowest BCUT2D eigenvalue weighted by Gasteiger charge is -2.09. The lowest BCUT2D eigenvalue weighted by molar-refractivity contribution is 0.653. The first-order valence-electron chi connectivity index (χ1n) is 5.82. The first kappa shape index (κ1) is 13.5. The zero-order valence-electron chi connectivity index (χ0n) is 10.8. The third-order valence-electron chi connectivity index (χ3n) is 2.87. The molecule has 1 atom stereocenters. The summed E-state index contributed by atoms with van der Waals surface area (Å²) >= 11 is 7.85. The number of hydrogen-bond acceptors (Lipinski definition) is 4. The molecule has 0 saturated heterocycles. The quantitative estimate of drug-likeness (QED) is 0.937. The van der Waals surface area contributed by atoms with Crippen molar-refractivity contribution in [2.24, 2.45) is 12.8 Å². The standard InChI is InChI=1S/C12H17ClN4S/c1-7-11(12(13)17(3)16-7)5-9(14)4-10-6-18-8(2)15-10/h6,9H,4-5,14H2,1-3H3. The minimum Gasteiger partial charge on any atom is -0.327 e. The van der Waals surface area contributed by atoms with Gasteiger partial charge in [-0.05, 0) is 20.3 Å². The van der Waals surface area contributed by atoms with Gasteiger partial charge in [0.1, 0.15) is 5.15 Å². The molecule has 0 spiro atoms. The molecule has 0 bridgehead atoms. The SMILES string of the molecule is Cc1nc(CC(N)Cc2c(C)nn(C)c2Cl)cs1. The number of nitrogens with zero attached hydrogens (tertiary/aromatic N) is 3. The van der Waals surface area contributed by atoms with Crippen LogP contribution in [0, 0.1) is 13.8 Å². The second-order valence-electron chi connectivity index (χ2n) is 4.50. The van der Waals surface area contributed by atoms with Crippen LogP contribution < -0.4 is 5.73 Å². The monoisotopic (exact) mass is 284 g/mol. The second-order valence-corrected chi connectivity index (χ2v) is 5.92. The number of nitrogens with two attached hydrogens (primary N) is 1. The van der Waals surface area contributed by atoms with Gasteiger partial charge in [0, 0.05) is 30.5 Å². The highest BCUT2D eigenvalue weighted by Gasteiger charge is 2.15. The van der Waals surface area contributed by atoms with E-state index in [9.17, 15) is 0 Å². The molecule has 2 N–H and O–H groups in total. The van der Waals surface area contributed by atoms with Gasteiger partial charge in [0.15, 0.2) is 0 Å². The predicted molar refractivity (Wildman–Crippen MR) is 75.2 cm³/mol. The molecule has 2 aromatic rings. The van der Waals surface area contributed by atoms with Gasteiger partial charge in [0.05, 0.1) is 16.4 Å². The third-order valence-corrected chi connectivity index (χ3v) is 4.17. The van der Waals surface area contributed by atoms with E-state index in [-0.39, 0.29) is 6.04 Å². The molecule has 0 aromatic carbocycles. The molecule has 2 aromatic heterocycles. The molecular weight excluding hydrogens is 268 g/mol. The lowest BCUT2D eigenvalue weighted by Crippen LogP contribution is -2.26. The van der Waals surface area contributed by atoms with Crippen molar-refractivity contribution in [2.45, 2.75) is 32.7 Å². The van der Waals surface area contributed by atoms with Crippen LogP contribution in [0.3, 0.4) is 0 Å². The zero-order chi connectivity index (χ0) is 13.3. The van der Waals surface area contributed by atoms with E-state index in [4.69, 9.17) is 17.3 Å². The van der Waals surface area contributed by atoms with Crippen molar-refractivity contribution in [3.05, 3.63) is 32.5 Å².